The normalized spacial score (nSPS) is 37.7. The minimum absolute atomic E-state index is 0.0816. The number of imidazole rings is 1. The molecule has 3 N–H and O–H groups in total. The average molecular weight is 571 g/mol. The fourth-order valence-electron chi connectivity index (χ4n) is 8.36. The SMILES string of the molecule is CC1=CC2C(C(C)COC(=O)n3ccnc3)CCC(C)C2C(O)(C2CN[C@@H]3ON(C)c4c(Cl)cccc4[C@]23O)C1. The van der Waals surface area contributed by atoms with E-state index in [0.717, 1.165) is 18.4 Å². The highest BCUT2D eigenvalue weighted by Crippen LogP contribution is 2.60. The van der Waals surface area contributed by atoms with Crippen LogP contribution in [0.2, 0.25) is 5.02 Å². The summed E-state index contributed by atoms with van der Waals surface area (Å²) in [6.45, 7) is 7.11. The van der Waals surface area contributed by atoms with Crippen molar-refractivity contribution in [2.75, 3.05) is 25.3 Å². The van der Waals surface area contributed by atoms with Crippen molar-refractivity contribution in [3.63, 3.8) is 0 Å². The van der Waals surface area contributed by atoms with Gasteiger partial charge in [0, 0.05) is 37.5 Å². The van der Waals surface area contributed by atoms with Crippen molar-refractivity contribution in [2.45, 2.75) is 57.5 Å². The van der Waals surface area contributed by atoms with Crippen molar-refractivity contribution < 1.29 is 24.6 Å². The Bertz CT molecular complexity index is 1300. The van der Waals surface area contributed by atoms with Gasteiger partial charge in [0.25, 0.3) is 0 Å². The first-order chi connectivity index (χ1) is 19.1. The zero-order valence-corrected chi connectivity index (χ0v) is 24.2. The number of aromatic nitrogens is 2. The quantitative estimate of drug-likeness (QED) is 0.466. The van der Waals surface area contributed by atoms with E-state index in [0.29, 0.717) is 29.2 Å². The van der Waals surface area contributed by atoms with E-state index < -0.39 is 29.4 Å². The van der Waals surface area contributed by atoms with Crippen molar-refractivity contribution in [1.29, 1.82) is 0 Å². The zero-order valence-electron chi connectivity index (χ0n) is 23.5. The van der Waals surface area contributed by atoms with Crippen LogP contribution in [0.1, 0.15) is 45.6 Å². The van der Waals surface area contributed by atoms with Crippen LogP contribution in [-0.2, 0) is 15.2 Å². The van der Waals surface area contributed by atoms with Gasteiger partial charge in [-0.25, -0.2) is 14.3 Å². The highest BCUT2D eigenvalue weighted by molar-refractivity contribution is 6.33. The molecule has 6 rings (SSSR count). The molecule has 216 valence electrons. The number of hydrogen-bond donors (Lipinski definition) is 3. The van der Waals surface area contributed by atoms with E-state index in [4.69, 9.17) is 21.2 Å². The van der Waals surface area contributed by atoms with Crippen LogP contribution in [-0.4, -0.2) is 57.9 Å². The van der Waals surface area contributed by atoms with Crippen LogP contribution in [0, 0.1) is 35.5 Å². The number of carbonyl (C=O) groups excluding carboxylic acids is 1. The number of para-hydroxylation sites is 1. The molecule has 0 amide bonds. The molecule has 3 heterocycles. The van der Waals surface area contributed by atoms with Gasteiger partial charge in [0.1, 0.15) is 11.9 Å². The van der Waals surface area contributed by atoms with E-state index in [1.165, 1.54) is 10.9 Å². The minimum atomic E-state index is -1.47. The molecule has 7 unspecified atom stereocenters. The number of nitrogens with one attached hydrogen (secondary N) is 1. The molecule has 1 aromatic carbocycles. The first-order valence-corrected chi connectivity index (χ1v) is 14.6. The van der Waals surface area contributed by atoms with Gasteiger partial charge >= 0.3 is 6.09 Å². The van der Waals surface area contributed by atoms with Gasteiger partial charge in [0.2, 0.25) is 0 Å². The van der Waals surface area contributed by atoms with E-state index in [1.54, 1.807) is 30.6 Å². The molecule has 0 radical (unpaired) electrons. The highest BCUT2D eigenvalue weighted by Gasteiger charge is 2.66. The minimum Gasteiger partial charge on any atom is -0.449 e. The molecule has 4 aliphatic rings. The van der Waals surface area contributed by atoms with Crippen LogP contribution < -0.4 is 10.4 Å². The number of rotatable bonds is 4. The lowest BCUT2D eigenvalue weighted by molar-refractivity contribution is -0.208. The lowest BCUT2D eigenvalue weighted by atomic mass is 9.51. The van der Waals surface area contributed by atoms with Crippen molar-refractivity contribution in [3.8, 4) is 0 Å². The van der Waals surface area contributed by atoms with Crippen molar-refractivity contribution in [3.05, 3.63) is 59.2 Å². The van der Waals surface area contributed by atoms with Gasteiger partial charge in [-0.2, -0.15) is 0 Å². The summed E-state index contributed by atoms with van der Waals surface area (Å²) in [6.07, 6.45) is 8.13. The van der Waals surface area contributed by atoms with E-state index >= 15 is 0 Å². The average Bonchev–Trinajstić information content (AvgIpc) is 3.56. The topological polar surface area (TPSA) is 109 Å². The second-order valence-electron chi connectivity index (χ2n) is 12.4. The van der Waals surface area contributed by atoms with Crippen molar-refractivity contribution >= 4 is 23.4 Å². The van der Waals surface area contributed by atoms with Gasteiger partial charge < -0.3 is 14.9 Å². The van der Waals surface area contributed by atoms with E-state index in [9.17, 15) is 15.0 Å². The van der Waals surface area contributed by atoms with Gasteiger partial charge in [-0.05, 0) is 55.4 Å². The summed E-state index contributed by atoms with van der Waals surface area (Å²) >= 11 is 6.59. The van der Waals surface area contributed by atoms with Gasteiger partial charge in [0.15, 0.2) is 6.23 Å². The van der Waals surface area contributed by atoms with Crippen molar-refractivity contribution in [2.24, 2.45) is 35.5 Å². The third-order valence-corrected chi connectivity index (χ3v) is 10.4. The summed E-state index contributed by atoms with van der Waals surface area (Å²) < 4.78 is 6.98. The monoisotopic (exact) mass is 570 g/mol. The summed E-state index contributed by atoms with van der Waals surface area (Å²) in [4.78, 5) is 22.5. The molecular formula is C30H39ClN4O5. The molecule has 10 heteroatoms. The lowest BCUT2D eigenvalue weighted by Gasteiger charge is -2.57. The molecule has 9 atom stereocenters. The number of carbonyl (C=O) groups is 1. The van der Waals surface area contributed by atoms with Crippen LogP contribution in [0.5, 0.6) is 0 Å². The van der Waals surface area contributed by atoms with Crippen LogP contribution in [0.4, 0.5) is 10.5 Å². The Hall–Kier alpha value is -2.43. The third kappa shape index (κ3) is 4.20. The number of ether oxygens (including phenoxy) is 1. The number of benzene rings is 1. The second kappa shape index (κ2) is 10.1. The Kier molecular flexibility index (Phi) is 7.02. The van der Waals surface area contributed by atoms with Gasteiger partial charge in [0.05, 0.1) is 22.9 Å². The lowest BCUT2D eigenvalue weighted by Crippen LogP contribution is -2.63. The fraction of sp³-hybridized carbons (Fsp3) is 0.600. The number of aliphatic hydroxyl groups is 2. The summed E-state index contributed by atoms with van der Waals surface area (Å²) in [7, 11) is 1.78. The molecule has 1 saturated heterocycles. The van der Waals surface area contributed by atoms with E-state index in [1.807, 2.05) is 12.1 Å². The van der Waals surface area contributed by atoms with E-state index in [2.05, 4.69) is 37.1 Å². The Morgan fingerprint density at radius 1 is 1.35 bits per heavy atom. The molecule has 0 spiro atoms. The first-order valence-electron chi connectivity index (χ1n) is 14.3. The Balaban J connectivity index is 1.32. The van der Waals surface area contributed by atoms with Crippen LogP contribution in [0.15, 0.2) is 48.6 Å². The molecule has 9 nitrogen and oxygen atoms in total. The van der Waals surface area contributed by atoms with E-state index in [-0.39, 0.29) is 36.2 Å². The largest absolute Gasteiger partial charge is 0.449 e. The summed E-state index contributed by atoms with van der Waals surface area (Å²) in [6, 6.07) is 5.52. The summed E-state index contributed by atoms with van der Waals surface area (Å²) in [5.74, 6) is 0.0146. The highest BCUT2D eigenvalue weighted by atomic mass is 35.5. The van der Waals surface area contributed by atoms with Crippen LogP contribution in [0.25, 0.3) is 0 Å². The maximum atomic E-state index is 12.9. The number of anilines is 1. The zero-order chi connectivity index (χ0) is 28.4. The molecular weight excluding hydrogens is 532 g/mol. The fourth-order valence-corrected chi connectivity index (χ4v) is 8.65. The number of fused-ring (bicyclic) bond motifs is 4. The predicted molar refractivity (Wildman–Crippen MR) is 150 cm³/mol. The molecule has 2 fully saturated rings. The second-order valence-corrected chi connectivity index (χ2v) is 12.8. The Morgan fingerprint density at radius 3 is 2.90 bits per heavy atom. The predicted octanol–water partition coefficient (Wildman–Crippen LogP) is 4.33. The van der Waals surface area contributed by atoms with Crippen molar-refractivity contribution in [1.82, 2.24) is 14.9 Å². The Labute approximate surface area is 240 Å². The first kappa shape index (κ1) is 27.7. The number of allylic oxidation sites excluding steroid dienone is 1. The summed E-state index contributed by atoms with van der Waals surface area (Å²) in [5, 5.41) is 30.9. The van der Waals surface area contributed by atoms with Gasteiger partial charge in [-0.1, -0.05) is 55.7 Å². The number of hydroxylamine groups is 1. The number of halogens is 1. The summed E-state index contributed by atoms with van der Waals surface area (Å²) in [5.41, 5.74) is -0.252. The molecule has 40 heavy (non-hydrogen) atoms. The number of hydrogen-bond acceptors (Lipinski definition) is 8. The maximum Gasteiger partial charge on any atom is 0.419 e. The maximum absolute atomic E-state index is 12.9. The van der Waals surface area contributed by atoms with Gasteiger partial charge in [-0.3, -0.25) is 15.2 Å². The van der Waals surface area contributed by atoms with Crippen LogP contribution >= 0.6 is 11.6 Å². The molecule has 2 aromatic rings. The number of nitrogens with zero attached hydrogens (tertiary/aromatic N) is 3. The molecule has 2 aliphatic heterocycles. The molecule has 1 saturated carbocycles. The molecule has 0 bridgehead atoms. The third-order valence-electron chi connectivity index (χ3n) is 10.0. The van der Waals surface area contributed by atoms with Crippen LogP contribution in [0.3, 0.4) is 0 Å². The standard InChI is InChI=1S/C30H39ClN4O5/c1-17-12-21-20(19(3)15-39-28(36)35-11-10-32-16-35)9-8-18(2)25(21)29(37,13-17)24-14-33-27-30(24,38)22-6-5-7-23(31)26(22)34(4)40-27/h5-7,10-12,16,18-21,24-25,27,33,37-38H,8-9,13-15H2,1-4H3/t18?,19?,20?,21?,24?,25?,27-,29?,30+/m1/s1. The van der Waals surface area contributed by atoms with Gasteiger partial charge in [-0.15, -0.1) is 0 Å². The smallest absolute Gasteiger partial charge is 0.419 e. The molecule has 2 aliphatic carbocycles. The Morgan fingerprint density at radius 2 is 2.15 bits per heavy atom. The molecule has 1 aromatic heterocycles.